The van der Waals surface area contributed by atoms with Gasteiger partial charge in [0.2, 0.25) is 0 Å². The molecule has 0 spiro atoms. The number of amides is 1. The number of carbonyl (C=O) groups is 1. The Bertz CT molecular complexity index is 878. The molecular formula is C18H18ClN3O2S2. The predicted octanol–water partition coefficient (Wildman–Crippen LogP) is 4.72. The molecule has 2 heterocycles. The molecule has 0 radical (unpaired) electrons. The molecule has 0 bridgehead atoms. The Hall–Kier alpha value is -1.93. The van der Waals surface area contributed by atoms with Gasteiger partial charge in [0.25, 0.3) is 5.91 Å². The highest BCUT2D eigenvalue weighted by atomic mass is 35.5. The molecule has 26 heavy (non-hydrogen) atoms. The fourth-order valence-electron chi connectivity index (χ4n) is 2.12. The van der Waals surface area contributed by atoms with Crippen LogP contribution in [0, 0.1) is 0 Å². The summed E-state index contributed by atoms with van der Waals surface area (Å²) in [6.07, 6.45) is 1.59. The lowest BCUT2D eigenvalue weighted by molar-refractivity contribution is 0.103. The van der Waals surface area contributed by atoms with Gasteiger partial charge in [-0.1, -0.05) is 17.7 Å². The molecule has 0 unspecified atom stereocenters. The lowest BCUT2D eigenvalue weighted by atomic mass is 10.3. The monoisotopic (exact) mass is 407 g/mol. The number of likely N-dealkylation sites (N-methyl/N-ethyl adjacent to an activating group) is 1. The summed E-state index contributed by atoms with van der Waals surface area (Å²) in [5.74, 6) is 0.395. The van der Waals surface area contributed by atoms with E-state index < -0.39 is 0 Å². The second-order valence-corrected chi connectivity index (χ2v) is 8.14. The maximum absolute atomic E-state index is 12.4. The Labute approximate surface area is 165 Å². The van der Waals surface area contributed by atoms with Crippen LogP contribution in [0.1, 0.15) is 9.67 Å². The average molecular weight is 408 g/mol. The molecule has 0 aliphatic carbocycles. The van der Waals surface area contributed by atoms with Crippen LogP contribution in [0.4, 0.5) is 5.69 Å². The summed E-state index contributed by atoms with van der Waals surface area (Å²) in [6, 6.07) is 9.17. The highest BCUT2D eigenvalue weighted by molar-refractivity contribution is 7.22. The van der Waals surface area contributed by atoms with Crippen LogP contribution in [0.3, 0.4) is 0 Å². The van der Waals surface area contributed by atoms with Gasteiger partial charge in [-0.05, 0) is 43.7 Å². The van der Waals surface area contributed by atoms with Gasteiger partial charge in [0.05, 0.1) is 16.1 Å². The molecule has 0 fully saturated rings. The van der Waals surface area contributed by atoms with Gasteiger partial charge < -0.3 is 15.0 Å². The third kappa shape index (κ3) is 4.82. The molecule has 0 saturated carbocycles. The van der Waals surface area contributed by atoms with Crippen LogP contribution in [0.15, 0.2) is 41.9 Å². The summed E-state index contributed by atoms with van der Waals surface area (Å²) in [5.41, 5.74) is 0.617. The molecule has 5 nitrogen and oxygen atoms in total. The number of hydrogen-bond acceptors (Lipinski definition) is 6. The van der Waals surface area contributed by atoms with Crippen molar-refractivity contribution in [1.29, 1.82) is 0 Å². The molecule has 0 atom stereocenters. The molecule has 0 aliphatic rings. The Morgan fingerprint density at radius 2 is 2.19 bits per heavy atom. The number of ether oxygens (including phenoxy) is 1. The van der Waals surface area contributed by atoms with Crippen LogP contribution >= 0.6 is 34.3 Å². The molecule has 0 saturated heterocycles. The lowest BCUT2D eigenvalue weighted by Gasteiger charge is -2.12. The molecule has 136 valence electrons. The van der Waals surface area contributed by atoms with Gasteiger partial charge >= 0.3 is 0 Å². The summed E-state index contributed by atoms with van der Waals surface area (Å²) in [6.45, 7) is 1.34. The molecule has 0 aliphatic heterocycles. The van der Waals surface area contributed by atoms with Crippen molar-refractivity contribution < 1.29 is 9.53 Å². The van der Waals surface area contributed by atoms with Crippen molar-refractivity contribution in [2.75, 3.05) is 32.6 Å². The van der Waals surface area contributed by atoms with E-state index in [1.807, 2.05) is 36.5 Å². The number of nitrogens with one attached hydrogen (secondary N) is 1. The summed E-state index contributed by atoms with van der Waals surface area (Å²) >= 11 is 9.21. The minimum Gasteiger partial charge on any atom is -0.491 e. The SMILES string of the molecule is CN(C)CCOc1ccc(NC(=O)c2cnc(-c3cccs3)s2)cc1Cl. The molecular weight excluding hydrogens is 390 g/mol. The molecule has 3 rings (SSSR count). The van der Waals surface area contributed by atoms with Crippen LogP contribution in [-0.2, 0) is 0 Å². The van der Waals surface area contributed by atoms with E-state index in [2.05, 4.69) is 10.3 Å². The van der Waals surface area contributed by atoms with Crippen LogP contribution in [-0.4, -0.2) is 43.0 Å². The van der Waals surface area contributed by atoms with Crippen molar-refractivity contribution in [2.45, 2.75) is 0 Å². The number of rotatable bonds is 7. The Kier molecular flexibility index (Phi) is 6.26. The second-order valence-electron chi connectivity index (χ2n) is 5.76. The van der Waals surface area contributed by atoms with Gasteiger partial charge in [-0.25, -0.2) is 4.98 Å². The molecule has 1 amide bonds. The van der Waals surface area contributed by atoms with E-state index in [0.29, 0.717) is 27.9 Å². The Morgan fingerprint density at radius 3 is 2.88 bits per heavy atom. The van der Waals surface area contributed by atoms with Crippen LogP contribution in [0.2, 0.25) is 5.02 Å². The van der Waals surface area contributed by atoms with Gasteiger partial charge in [0.15, 0.2) is 0 Å². The van der Waals surface area contributed by atoms with Gasteiger partial charge in [-0.3, -0.25) is 4.79 Å². The zero-order valence-corrected chi connectivity index (χ0v) is 16.7. The van der Waals surface area contributed by atoms with Gasteiger partial charge in [-0.15, -0.1) is 22.7 Å². The van der Waals surface area contributed by atoms with E-state index in [-0.39, 0.29) is 5.91 Å². The van der Waals surface area contributed by atoms with Crippen LogP contribution < -0.4 is 10.1 Å². The van der Waals surface area contributed by atoms with E-state index in [1.54, 1.807) is 35.7 Å². The first kappa shape index (κ1) is 18.8. The molecule has 8 heteroatoms. The highest BCUT2D eigenvalue weighted by Gasteiger charge is 2.13. The molecule has 1 aromatic carbocycles. The number of hydrogen-bond donors (Lipinski definition) is 1. The van der Waals surface area contributed by atoms with Crippen molar-refractivity contribution in [3.63, 3.8) is 0 Å². The number of benzene rings is 1. The van der Waals surface area contributed by atoms with Crippen LogP contribution in [0.5, 0.6) is 5.75 Å². The van der Waals surface area contributed by atoms with E-state index in [9.17, 15) is 4.79 Å². The predicted molar refractivity (Wildman–Crippen MR) is 109 cm³/mol. The first-order valence-electron chi connectivity index (χ1n) is 7.91. The number of aromatic nitrogens is 1. The standard InChI is InChI=1S/C18H18ClN3O2S2/c1-22(2)7-8-24-14-6-5-12(10-13(14)19)21-17(23)16-11-20-18(26-16)15-4-3-9-25-15/h3-6,9-11H,7-8H2,1-2H3,(H,21,23). The fourth-order valence-corrected chi connectivity index (χ4v) is 3.97. The van der Waals surface area contributed by atoms with Crippen molar-refractivity contribution in [3.8, 4) is 15.6 Å². The Morgan fingerprint density at radius 1 is 1.35 bits per heavy atom. The highest BCUT2D eigenvalue weighted by Crippen LogP contribution is 2.30. The zero-order valence-electron chi connectivity index (χ0n) is 14.4. The van der Waals surface area contributed by atoms with Crippen molar-refractivity contribution in [1.82, 2.24) is 9.88 Å². The van der Waals surface area contributed by atoms with Gasteiger partial charge in [0, 0.05) is 12.2 Å². The number of halogens is 1. The minimum atomic E-state index is -0.206. The number of anilines is 1. The smallest absolute Gasteiger partial charge is 0.267 e. The first-order valence-corrected chi connectivity index (χ1v) is 9.98. The number of thiophene rings is 1. The minimum absolute atomic E-state index is 0.206. The van der Waals surface area contributed by atoms with E-state index in [4.69, 9.17) is 16.3 Å². The third-order valence-corrected chi connectivity index (χ3v) is 5.78. The molecule has 2 aromatic heterocycles. The summed E-state index contributed by atoms with van der Waals surface area (Å²) in [5, 5.41) is 6.14. The number of thiazole rings is 1. The molecule has 3 aromatic rings. The largest absolute Gasteiger partial charge is 0.491 e. The van der Waals surface area contributed by atoms with Crippen molar-refractivity contribution in [2.24, 2.45) is 0 Å². The normalized spacial score (nSPS) is 10.9. The van der Waals surface area contributed by atoms with E-state index in [1.165, 1.54) is 11.3 Å². The van der Waals surface area contributed by atoms with Gasteiger partial charge in [0.1, 0.15) is 22.2 Å². The topological polar surface area (TPSA) is 54.5 Å². The maximum atomic E-state index is 12.4. The van der Waals surface area contributed by atoms with E-state index in [0.717, 1.165) is 16.4 Å². The summed E-state index contributed by atoms with van der Waals surface area (Å²) in [7, 11) is 3.96. The fraction of sp³-hybridized carbons (Fsp3) is 0.222. The van der Waals surface area contributed by atoms with Crippen LogP contribution in [0.25, 0.3) is 9.88 Å². The summed E-state index contributed by atoms with van der Waals surface area (Å²) in [4.78, 5) is 20.4. The van der Waals surface area contributed by atoms with Crippen molar-refractivity contribution >= 4 is 45.9 Å². The first-order chi connectivity index (χ1) is 12.5. The van der Waals surface area contributed by atoms with Crippen molar-refractivity contribution in [3.05, 3.63) is 51.8 Å². The lowest BCUT2D eigenvalue weighted by Crippen LogP contribution is -2.19. The molecule has 1 N–H and O–H groups in total. The Balaban J connectivity index is 1.63. The third-order valence-electron chi connectivity index (χ3n) is 3.45. The zero-order chi connectivity index (χ0) is 18.5. The van der Waals surface area contributed by atoms with E-state index >= 15 is 0 Å². The maximum Gasteiger partial charge on any atom is 0.267 e. The average Bonchev–Trinajstić information content (AvgIpc) is 3.27. The van der Waals surface area contributed by atoms with Gasteiger partial charge in [-0.2, -0.15) is 0 Å². The number of nitrogens with zero attached hydrogens (tertiary/aromatic N) is 2. The number of carbonyl (C=O) groups excluding carboxylic acids is 1. The summed E-state index contributed by atoms with van der Waals surface area (Å²) < 4.78 is 5.64. The quantitative estimate of drug-likeness (QED) is 0.615. The second kappa shape index (κ2) is 8.64.